The van der Waals surface area contributed by atoms with Crippen LogP contribution in [0.25, 0.3) is 11.0 Å². The van der Waals surface area contributed by atoms with E-state index in [-0.39, 0.29) is 11.9 Å². The molecule has 170 valence electrons. The van der Waals surface area contributed by atoms with Gasteiger partial charge in [0.15, 0.2) is 5.96 Å². The number of ether oxygens (including phenoxy) is 1. The summed E-state index contributed by atoms with van der Waals surface area (Å²) in [6, 6.07) is 15.0. The van der Waals surface area contributed by atoms with Gasteiger partial charge in [-0.1, -0.05) is 24.3 Å². The van der Waals surface area contributed by atoms with Crippen LogP contribution in [-0.4, -0.2) is 67.3 Å². The normalized spacial score (nSPS) is 16.2. The number of nitrogens with zero attached hydrogens (tertiary/aromatic N) is 3. The van der Waals surface area contributed by atoms with Crippen LogP contribution in [0.3, 0.4) is 0 Å². The van der Waals surface area contributed by atoms with E-state index in [1.165, 1.54) is 12.1 Å². The van der Waals surface area contributed by atoms with Crippen molar-refractivity contribution in [2.24, 2.45) is 4.99 Å². The third-order valence-electron chi connectivity index (χ3n) is 5.75. The lowest BCUT2D eigenvalue weighted by Gasteiger charge is -2.35. The summed E-state index contributed by atoms with van der Waals surface area (Å²) in [7, 11) is 1.77. The van der Waals surface area contributed by atoms with Gasteiger partial charge in [0.05, 0.1) is 30.3 Å². The Bertz CT molecular complexity index is 980. The molecule has 0 amide bonds. The number of fused-ring (bicyclic) bond motifs is 1. The van der Waals surface area contributed by atoms with Crippen LogP contribution in [0.2, 0.25) is 0 Å². The molecule has 0 saturated carbocycles. The molecule has 1 aliphatic rings. The highest BCUT2D eigenvalue weighted by Gasteiger charge is 2.23. The van der Waals surface area contributed by atoms with Gasteiger partial charge in [-0.15, -0.1) is 0 Å². The standard InChI is InChI=1S/C24H31FN6O/c1-26-24(27-12-4-7-23-29-20-5-2-3-6-21(20)30-23)28-17-22(31-13-15-32-16-14-31)18-8-10-19(25)11-9-18/h2-3,5-6,8-11,22H,4,7,12-17H2,1H3,(H,29,30)(H2,26,27,28). The highest BCUT2D eigenvalue weighted by atomic mass is 19.1. The number of hydrogen-bond donors (Lipinski definition) is 3. The minimum absolute atomic E-state index is 0.119. The third-order valence-corrected chi connectivity index (χ3v) is 5.75. The molecule has 2 heterocycles. The van der Waals surface area contributed by atoms with Gasteiger partial charge in [0.1, 0.15) is 11.6 Å². The summed E-state index contributed by atoms with van der Waals surface area (Å²) in [5.41, 5.74) is 3.16. The van der Waals surface area contributed by atoms with E-state index in [0.29, 0.717) is 19.8 Å². The van der Waals surface area contributed by atoms with Gasteiger partial charge >= 0.3 is 0 Å². The van der Waals surface area contributed by atoms with Gasteiger partial charge in [-0.25, -0.2) is 9.37 Å². The molecule has 1 aliphatic heterocycles. The molecule has 1 unspecified atom stereocenters. The maximum absolute atomic E-state index is 13.4. The topological polar surface area (TPSA) is 77.6 Å². The number of aliphatic imine (C=N–C) groups is 1. The molecule has 0 spiro atoms. The van der Waals surface area contributed by atoms with Gasteiger partial charge in [0.25, 0.3) is 0 Å². The van der Waals surface area contributed by atoms with Crippen LogP contribution in [0.5, 0.6) is 0 Å². The van der Waals surface area contributed by atoms with Crippen molar-refractivity contribution in [3.05, 3.63) is 65.7 Å². The molecule has 7 nitrogen and oxygen atoms in total. The number of halogens is 1. The molecule has 32 heavy (non-hydrogen) atoms. The first-order valence-corrected chi connectivity index (χ1v) is 11.2. The van der Waals surface area contributed by atoms with Crippen molar-refractivity contribution in [1.82, 2.24) is 25.5 Å². The molecule has 0 radical (unpaired) electrons. The second-order valence-electron chi connectivity index (χ2n) is 7.90. The highest BCUT2D eigenvalue weighted by Crippen LogP contribution is 2.21. The Hall–Kier alpha value is -2.97. The number of hydrogen-bond acceptors (Lipinski definition) is 4. The molecule has 8 heteroatoms. The third kappa shape index (κ3) is 5.83. The smallest absolute Gasteiger partial charge is 0.191 e. The van der Waals surface area contributed by atoms with Gasteiger partial charge in [0, 0.05) is 39.6 Å². The monoisotopic (exact) mass is 438 g/mol. The molecule has 1 saturated heterocycles. The van der Waals surface area contributed by atoms with Gasteiger partial charge in [-0.2, -0.15) is 0 Å². The van der Waals surface area contributed by atoms with Crippen molar-refractivity contribution >= 4 is 17.0 Å². The zero-order valence-corrected chi connectivity index (χ0v) is 18.5. The fourth-order valence-electron chi connectivity index (χ4n) is 4.03. The van der Waals surface area contributed by atoms with Crippen LogP contribution in [-0.2, 0) is 11.2 Å². The quantitative estimate of drug-likeness (QED) is 0.286. The molecule has 1 fully saturated rings. The first-order chi connectivity index (χ1) is 15.7. The number of imidazole rings is 1. The summed E-state index contributed by atoms with van der Waals surface area (Å²) in [6.07, 6.45) is 1.80. The van der Waals surface area contributed by atoms with Crippen LogP contribution < -0.4 is 10.6 Å². The molecule has 2 aromatic carbocycles. The van der Waals surface area contributed by atoms with Crippen molar-refractivity contribution in [1.29, 1.82) is 0 Å². The van der Waals surface area contributed by atoms with Gasteiger partial charge in [-0.05, 0) is 36.2 Å². The molecule has 4 rings (SSSR count). The number of guanidine groups is 1. The van der Waals surface area contributed by atoms with Crippen molar-refractivity contribution in [3.8, 4) is 0 Å². The number of benzene rings is 2. The highest BCUT2D eigenvalue weighted by molar-refractivity contribution is 5.79. The SMILES string of the molecule is CN=C(NCCCc1nc2ccccc2[nH]1)NCC(c1ccc(F)cc1)N1CCOCC1. The Morgan fingerprint density at radius 3 is 2.69 bits per heavy atom. The summed E-state index contributed by atoms with van der Waals surface area (Å²) < 4.78 is 18.9. The summed E-state index contributed by atoms with van der Waals surface area (Å²) >= 11 is 0. The van der Waals surface area contributed by atoms with Gasteiger partial charge in [0.2, 0.25) is 0 Å². The van der Waals surface area contributed by atoms with E-state index in [4.69, 9.17) is 4.74 Å². The molecule has 3 aromatic rings. The number of H-pyrrole nitrogens is 1. The Kier molecular flexibility index (Phi) is 7.68. The Balaban J connectivity index is 1.28. The minimum atomic E-state index is -0.218. The average Bonchev–Trinajstić information content (AvgIpc) is 3.25. The maximum Gasteiger partial charge on any atom is 0.191 e. The first kappa shape index (κ1) is 22.2. The second-order valence-corrected chi connectivity index (χ2v) is 7.90. The minimum Gasteiger partial charge on any atom is -0.379 e. The average molecular weight is 439 g/mol. The summed E-state index contributed by atoms with van der Waals surface area (Å²) in [4.78, 5) is 14.7. The zero-order chi connectivity index (χ0) is 22.2. The van der Waals surface area contributed by atoms with E-state index in [0.717, 1.165) is 60.9 Å². The van der Waals surface area contributed by atoms with Crippen LogP contribution in [0.4, 0.5) is 4.39 Å². The van der Waals surface area contributed by atoms with E-state index < -0.39 is 0 Å². The van der Waals surface area contributed by atoms with Crippen LogP contribution in [0.15, 0.2) is 53.5 Å². The largest absolute Gasteiger partial charge is 0.379 e. The second kappa shape index (κ2) is 11.1. The Morgan fingerprint density at radius 2 is 1.94 bits per heavy atom. The zero-order valence-electron chi connectivity index (χ0n) is 18.5. The van der Waals surface area contributed by atoms with Crippen LogP contribution >= 0.6 is 0 Å². The molecule has 0 bridgehead atoms. The lowest BCUT2D eigenvalue weighted by atomic mass is 10.0. The number of aromatic amines is 1. The summed E-state index contributed by atoms with van der Waals surface area (Å²) in [6.45, 7) is 4.60. The molecular weight excluding hydrogens is 407 g/mol. The predicted molar refractivity (Wildman–Crippen MR) is 125 cm³/mol. The van der Waals surface area contributed by atoms with E-state index >= 15 is 0 Å². The number of aromatic nitrogens is 2. The van der Waals surface area contributed by atoms with Gasteiger partial charge < -0.3 is 20.4 Å². The fourth-order valence-corrected chi connectivity index (χ4v) is 4.03. The lowest BCUT2D eigenvalue weighted by Crippen LogP contribution is -2.46. The van der Waals surface area contributed by atoms with Crippen molar-refractivity contribution < 1.29 is 9.13 Å². The number of nitrogens with one attached hydrogen (secondary N) is 3. The molecule has 0 aliphatic carbocycles. The summed E-state index contributed by atoms with van der Waals surface area (Å²) in [5, 5.41) is 6.83. The Labute approximate surface area is 188 Å². The molecule has 1 aromatic heterocycles. The van der Waals surface area contributed by atoms with Crippen molar-refractivity contribution in [2.75, 3.05) is 46.4 Å². The number of morpholine rings is 1. The molecule has 1 atom stereocenters. The van der Waals surface area contributed by atoms with Crippen LogP contribution in [0.1, 0.15) is 23.9 Å². The molecular formula is C24H31FN6O. The van der Waals surface area contributed by atoms with Crippen molar-refractivity contribution in [3.63, 3.8) is 0 Å². The summed E-state index contributed by atoms with van der Waals surface area (Å²) in [5.74, 6) is 1.54. The predicted octanol–water partition coefficient (Wildman–Crippen LogP) is 2.87. The Morgan fingerprint density at radius 1 is 1.16 bits per heavy atom. The van der Waals surface area contributed by atoms with Crippen molar-refractivity contribution in [2.45, 2.75) is 18.9 Å². The fraction of sp³-hybridized carbons (Fsp3) is 0.417. The van der Waals surface area contributed by atoms with E-state index in [9.17, 15) is 4.39 Å². The molecule has 3 N–H and O–H groups in total. The number of rotatable bonds is 8. The number of para-hydroxylation sites is 2. The first-order valence-electron chi connectivity index (χ1n) is 11.2. The van der Waals surface area contributed by atoms with E-state index in [1.807, 2.05) is 36.4 Å². The van der Waals surface area contributed by atoms with E-state index in [1.54, 1.807) is 7.05 Å². The van der Waals surface area contributed by atoms with Crippen LogP contribution in [0, 0.1) is 5.82 Å². The number of aryl methyl sites for hydroxylation is 1. The maximum atomic E-state index is 13.4. The van der Waals surface area contributed by atoms with Gasteiger partial charge in [-0.3, -0.25) is 9.89 Å². The lowest BCUT2D eigenvalue weighted by molar-refractivity contribution is 0.0170. The van der Waals surface area contributed by atoms with E-state index in [2.05, 4.69) is 30.5 Å².